The fraction of sp³-hybridized carbons (Fsp3) is 0.167. The van der Waals surface area contributed by atoms with E-state index >= 15 is 0 Å². The molecule has 0 saturated carbocycles. The van der Waals surface area contributed by atoms with Gasteiger partial charge in [-0.05, 0) is 31.2 Å². The number of esters is 1. The van der Waals surface area contributed by atoms with Crippen molar-refractivity contribution in [2.75, 3.05) is 0 Å². The highest BCUT2D eigenvalue weighted by Crippen LogP contribution is 2.21. The summed E-state index contributed by atoms with van der Waals surface area (Å²) in [5.74, 6) is 0.0700. The minimum Gasteiger partial charge on any atom is -0.408 e. The van der Waals surface area contributed by atoms with Gasteiger partial charge in [0.15, 0.2) is 0 Å². The highest BCUT2D eigenvalue weighted by molar-refractivity contribution is 9.10. The van der Waals surface area contributed by atoms with Crippen LogP contribution in [0.2, 0.25) is 0 Å². The molecule has 0 fully saturated rings. The van der Waals surface area contributed by atoms with E-state index in [9.17, 15) is 4.79 Å². The van der Waals surface area contributed by atoms with Gasteiger partial charge in [-0.3, -0.25) is 4.79 Å². The third-order valence-electron chi connectivity index (χ3n) is 2.12. The summed E-state index contributed by atoms with van der Waals surface area (Å²) in [6.45, 7) is 3.22. The van der Waals surface area contributed by atoms with Crippen LogP contribution >= 0.6 is 15.9 Å². The summed E-state index contributed by atoms with van der Waals surface area (Å²) in [4.78, 5) is 11.0. The lowest BCUT2D eigenvalue weighted by molar-refractivity contribution is -0.132. The molecule has 0 unspecified atom stereocenters. The number of halogens is 1. The van der Waals surface area contributed by atoms with Gasteiger partial charge in [0.05, 0.1) is 11.4 Å². The Morgan fingerprint density at radius 1 is 1.35 bits per heavy atom. The van der Waals surface area contributed by atoms with Gasteiger partial charge in [-0.1, -0.05) is 15.9 Å². The van der Waals surface area contributed by atoms with Crippen molar-refractivity contribution in [2.45, 2.75) is 13.8 Å². The SMILES string of the molecule is CC(=O)Oc1cc(C)nn1-c1ccc(Br)cc1. The molecule has 0 amide bonds. The van der Waals surface area contributed by atoms with Gasteiger partial charge in [0.2, 0.25) is 5.88 Å². The first-order valence-corrected chi connectivity index (χ1v) is 5.86. The summed E-state index contributed by atoms with van der Waals surface area (Å²) >= 11 is 3.37. The van der Waals surface area contributed by atoms with Gasteiger partial charge in [-0.2, -0.15) is 5.10 Å². The fourth-order valence-electron chi connectivity index (χ4n) is 1.46. The van der Waals surface area contributed by atoms with E-state index in [1.165, 1.54) is 6.92 Å². The second-order valence-electron chi connectivity index (χ2n) is 3.61. The zero-order valence-electron chi connectivity index (χ0n) is 9.48. The maximum absolute atomic E-state index is 11.0. The molecule has 0 aliphatic carbocycles. The first kappa shape index (κ1) is 11.9. The van der Waals surface area contributed by atoms with Gasteiger partial charge < -0.3 is 4.74 Å². The largest absolute Gasteiger partial charge is 0.408 e. The van der Waals surface area contributed by atoms with Crippen molar-refractivity contribution in [1.82, 2.24) is 9.78 Å². The minimum atomic E-state index is -0.358. The molecule has 1 heterocycles. The number of hydrogen-bond acceptors (Lipinski definition) is 3. The van der Waals surface area contributed by atoms with E-state index in [4.69, 9.17) is 4.74 Å². The Balaban J connectivity index is 2.43. The molecule has 0 saturated heterocycles. The zero-order chi connectivity index (χ0) is 12.4. The van der Waals surface area contributed by atoms with Gasteiger partial charge in [-0.25, -0.2) is 4.68 Å². The number of rotatable bonds is 2. The predicted octanol–water partition coefficient (Wildman–Crippen LogP) is 2.87. The van der Waals surface area contributed by atoms with E-state index < -0.39 is 0 Å². The van der Waals surface area contributed by atoms with Crippen LogP contribution in [0.4, 0.5) is 0 Å². The van der Waals surface area contributed by atoms with Crippen LogP contribution < -0.4 is 4.74 Å². The maximum Gasteiger partial charge on any atom is 0.309 e. The summed E-state index contributed by atoms with van der Waals surface area (Å²) < 4.78 is 7.69. The molecule has 5 heteroatoms. The van der Waals surface area contributed by atoms with Crippen molar-refractivity contribution in [3.8, 4) is 11.6 Å². The summed E-state index contributed by atoms with van der Waals surface area (Å²) in [6, 6.07) is 9.32. The molecule has 88 valence electrons. The number of carbonyl (C=O) groups is 1. The molecular formula is C12H11BrN2O2. The smallest absolute Gasteiger partial charge is 0.309 e. The van der Waals surface area contributed by atoms with Crippen molar-refractivity contribution in [1.29, 1.82) is 0 Å². The molecular weight excluding hydrogens is 284 g/mol. The Hall–Kier alpha value is -1.62. The zero-order valence-corrected chi connectivity index (χ0v) is 11.1. The molecule has 0 bridgehead atoms. The Morgan fingerprint density at radius 3 is 2.59 bits per heavy atom. The van der Waals surface area contributed by atoms with E-state index in [1.54, 1.807) is 10.7 Å². The lowest BCUT2D eigenvalue weighted by Gasteiger charge is -2.06. The summed E-state index contributed by atoms with van der Waals surface area (Å²) in [6.07, 6.45) is 0. The first-order valence-electron chi connectivity index (χ1n) is 5.07. The first-order chi connectivity index (χ1) is 8.06. The molecule has 0 aliphatic rings. The van der Waals surface area contributed by atoms with Crippen molar-refractivity contribution in [2.24, 2.45) is 0 Å². The summed E-state index contributed by atoms with van der Waals surface area (Å²) in [5.41, 5.74) is 1.64. The van der Waals surface area contributed by atoms with Crippen LogP contribution in [0.25, 0.3) is 5.69 Å². The quantitative estimate of drug-likeness (QED) is 0.800. The fourth-order valence-corrected chi connectivity index (χ4v) is 1.73. The van der Waals surface area contributed by atoms with Gasteiger partial charge in [0.1, 0.15) is 0 Å². The minimum absolute atomic E-state index is 0.358. The number of aromatic nitrogens is 2. The lowest BCUT2D eigenvalue weighted by atomic mass is 10.3. The van der Waals surface area contributed by atoms with E-state index in [1.807, 2.05) is 31.2 Å². The van der Waals surface area contributed by atoms with Gasteiger partial charge >= 0.3 is 5.97 Å². The summed E-state index contributed by atoms with van der Waals surface area (Å²) in [5, 5.41) is 4.29. The number of ether oxygens (including phenoxy) is 1. The van der Waals surface area contributed by atoms with E-state index in [0.29, 0.717) is 5.88 Å². The molecule has 0 N–H and O–H groups in total. The third kappa shape index (κ3) is 2.74. The second kappa shape index (κ2) is 4.71. The van der Waals surface area contributed by atoms with Crippen molar-refractivity contribution >= 4 is 21.9 Å². The Kier molecular flexibility index (Phi) is 3.28. The second-order valence-corrected chi connectivity index (χ2v) is 4.52. The number of benzene rings is 1. The van der Waals surface area contributed by atoms with Crippen molar-refractivity contribution in [3.05, 3.63) is 40.5 Å². The Bertz CT molecular complexity index is 546. The van der Waals surface area contributed by atoms with E-state index in [2.05, 4.69) is 21.0 Å². The van der Waals surface area contributed by atoms with Gasteiger partial charge in [0.25, 0.3) is 0 Å². The van der Waals surface area contributed by atoms with Crippen LogP contribution in [-0.2, 0) is 4.79 Å². The van der Waals surface area contributed by atoms with Crippen LogP contribution in [-0.4, -0.2) is 15.7 Å². The predicted molar refractivity (Wildman–Crippen MR) is 67.3 cm³/mol. The van der Waals surface area contributed by atoms with Gasteiger partial charge in [-0.15, -0.1) is 0 Å². The van der Waals surface area contributed by atoms with Gasteiger partial charge in [0, 0.05) is 17.5 Å². The average molecular weight is 295 g/mol. The van der Waals surface area contributed by atoms with Crippen LogP contribution in [0.15, 0.2) is 34.8 Å². The van der Waals surface area contributed by atoms with Crippen molar-refractivity contribution < 1.29 is 9.53 Å². The highest BCUT2D eigenvalue weighted by atomic mass is 79.9. The van der Waals surface area contributed by atoms with Crippen LogP contribution in [0.1, 0.15) is 12.6 Å². The van der Waals surface area contributed by atoms with E-state index in [0.717, 1.165) is 15.9 Å². The molecule has 0 aliphatic heterocycles. The average Bonchev–Trinajstić information content (AvgIpc) is 2.59. The molecule has 1 aromatic carbocycles. The van der Waals surface area contributed by atoms with Crippen LogP contribution in [0.5, 0.6) is 5.88 Å². The standard InChI is InChI=1S/C12H11BrN2O2/c1-8-7-12(17-9(2)16)15(14-8)11-5-3-10(13)4-6-11/h3-7H,1-2H3. The van der Waals surface area contributed by atoms with Crippen molar-refractivity contribution in [3.63, 3.8) is 0 Å². The van der Waals surface area contributed by atoms with Crippen LogP contribution in [0, 0.1) is 6.92 Å². The molecule has 17 heavy (non-hydrogen) atoms. The number of aryl methyl sites for hydroxylation is 1. The molecule has 4 nitrogen and oxygen atoms in total. The van der Waals surface area contributed by atoms with Crippen LogP contribution in [0.3, 0.4) is 0 Å². The Labute approximate surface area is 107 Å². The molecule has 2 aromatic rings. The Morgan fingerprint density at radius 2 is 2.00 bits per heavy atom. The maximum atomic E-state index is 11.0. The third-order valence-corrected chi connectivity index (χ3v) is 2.65. The number of nitrogens with zero attached hydrogens (tertiary/aromatic N) is 2. The topological polar surface area (TPSA) is 44.1 Å². The highest BCUT2D eigenvalue weighted by Gasteiger charge is 2.10. The summed E-state index contributed by atoms with van der Waals surface area (Å²) in [7, 11) is 0. The molecule has 0 radical (unpaired) electrons. The number of hydrogen-bond donors (Lipinski definition) is 0. The van der Waals surface area contributed by atoms with E-state index in [-0.39, 0.29) is 5.97 Å². The molecule has 2 rings (SSSR count). The normalized spacial score (nSPS) is 10.3. The molecule has 1 aromatic heterocycles. The lowest BCUT2D eigenvalue weighted by Crippen LogP contribution is -2.07. The molecule has 0 spiro atoms. The molecule has 0 atom stereocenters. The number of carbonyl (C=O) groups excluding carboxylic acids is 1. The monoisotopic (exact) mass is 294 g/mol.